The second-order valence-corrected chi connectivity index (χ2v) is 5.82. The van der Waals surface area contributed by atoms with Crippen LogP contribution >= 0.6 is 0 Å². The first kappa shape index (κ1) is 16.6. The molecule has 5 nitrogen and oxygen atoms in total. The van der Waals surface area contributed by atoms with Crippen LogP contribution in [0.4, 0.5) is 0 Å². The lowest BCUT2D eigenvalue weighted by molar-refractivity contribution is 0.0474. The van der Waals surface area contributed by atoms with Gasteiger partial charge in [-0.25, -0.2) is 9.48 Å². The lowest BCUT2D eigenvalue weighted by atomic mass is 10.0. The average Bonchev–Trinajstić information content (AvgIpc) is 3.16. The number of Topliss-reactive ketones (excluding diaryl/α,β-unsaturated/α-hetero) is 1. The molecule has 0 fully saturated rings. The summed E-state index contributed by atoms with van der Waals surface area (Å²) in [6.45, 7) is 3.51. The molecule has 0 aliphatic rings. The summed E-state index contributed by atoms with van der Waals surface area (Å²) in [4.78, 5) is 24.4. The first-order chi connectivity index (χ1) is 12.0. The Morgan fingerprint density at radius 2 is 1.84 bits per heavy atom. The number of esters is 1. The molecule has 0 N–H and O–H groups in total. The highest BCUT2D eigenvalue weighted by Gasteiger charge is 2.14. The smallest absolute Gasteiger partial charge is 0.338 e. The van der Waals surface area contributed by atoms with Crippen molar-refractivity contribution >= 4 is 11.8 Å². The summed E-state index contributed by atoms with van der Waals surface area (Å²) in [5.74, 6) is -0.728. The minimum Gasteiger partial charge on any atom is -0.454 e. The Balaban J connectivity index is 1.64. The maximum atomic E-state index is 12.3. The molecule has 3 rings (SSSR count). The van der Waals surface area contributed by atoms with E-state index in [0.717, 1.165) is 16.8 Å². The Morgan fingerprint density at radius 1 is 1.08 bits per heavy atom. The molecular weight excluding hydrogens is 316 g/mol. The van der Waals surface area contributed by atoms with Crippen molar-refractivity contribution in [2.24, 2.45) is 0 Å². The zero-order valence-corrected chi connectivity index (χ0v) is 14.1. The van der Waals surface area contributed by atoms with Gasteiger partial charge in [-0.05, 0) is 55.8 Å². The van der Waals surface area contributed by atoms with Crippen molar-refractivity contribution in [1.82, 2.24) is 9.78 Å². The number of aromatic nitrogens is 2. The van der Waals surface area contributed by atoms with E-state index in [9.17, 15) is 9.59 Å². The third kappa shape index (κ3) is 3.83. The summed E-state index contributed by atoms with van der Waals surface area (Å²) in [5.41, 5.74) is 3.68. The maximum absolute atomic E-state index is 12.3. The number of ketones is 1. The van der Waals surface area contributed by atoms with E-state index < -0.39 is 5.97 Å². The highest BCUT2D eigenvalue weighted by molar-refractivity contribution is 6.00. The fourth-order valence-corrected chi connectivity index (χ4v) is 2.50. The van der Waals surface area contributed by atoms with E-state index >= 15 is 0 Å². The standard InChI is InChI=1S/C20H18N2O3/c1-14-4-5-15(2)18(12-14)19(23)13-25-20(24)16-6-8-17(9-7-16)22-11-3-10-21-22/h3-12H,13H2,1-2H3. The summed E-state index contributed by atoms with van der Waals surface area (Å²) in [6.07, 6.45) is 3.50. The van der Waals surface area contributed by atoms with Crippen LogP contribution in [0, 0.1) is 13.8 Å². The predicted molar refractivity (Wildman–Crippen MR) is 94.1 cm³/mol. The first-order valence-electron chi connectivity index (χ1n) is 7.92. The van der Waals surface area contributed by atoms with Crippen LogP contribution in [0.5, 0.6) is 0 Å². The fraction of sp³-hybridized carbons (Fsp3) is 0.150. The Bertz CT molecular complexity index is 897. The number of carbonyl (C=O) groups is 2. The van der Waals surface area contributed by atoms with E-state index in [1.54, 1.807) is 35.1 Å². The molecule has 0 saturated heterocycles. The second-order valence-electron chi connectivity index (χ2n) is 5.82. The first-order valence-corrected chi connectivity index (χ1v) is 7.92. The number of hydrogen-bond acceptors (Lipinski definition) is 4. The van der Waals surface area contributed by atoms with Gasteiger partial charge < -0.3 is 4.74 Å². The predicted octanol–water partition coefficient (Wildman–Crippen LogP) is 3.53. The van der Waals surface area contributed by atoms with Crippen LogP contribution in [0.2, 0.25) is 0 Å². The van der Waals surface area contributed by atoms with Gasteiger partial charge in [0.05, 0.1) is 11.3 Å². The molecule has 0 radical (unpaired) electrons. The summed E-state index contributed by atoms with van der Waals surface area (Å²) in [7, 11) is 0. The number of nitrogens with zero attached hydrogens (tertiary/aromatic N) is 2. The van der Waals surface area contributed by atoms with E-state index in [1.807, 2.05) is 44.3 Å². The lowest BCUT2D eigenvalue weighted by Gasteiger charge is -2.08. The second kappa shape index (κ2) is 7.13. The van der Waals surface area contributed by atoms with Crippen LogP contribution in [0.15, 0.2) is 60.9 Å². The molecule has 0 unspecified atom stereocenters. The van der Waals surface area contributed by atoms with E-state index in [4.69, 9.17) is 4.74 Å². The number of ether oxygens (including phenoxy) is 1. The van der Waals surface area contributed by atoms with Gasteiger partial charge in [-0.15, -0.1) is 0 Å². The monoisotopic (exact) mass is 334 g/mol. The topological polar surface area (TPSA) is 61.2 Å². The molecule has 1 aromatic heterocycles. The van der Waals surface area contributed by atoms with Crippen LogP contribution in [0.1, 0.15) is 31.8 Å². The third-order valence-electron chi connectivity index (χ3n) is 3.90. The van der Waals surface area contributed by atoms with E-state index in [0.29, 0.717) is 11.1 Å². The maximum Gasteiger partial charge on any atom is 0.338 e. The minimum absolute atomic E-state index is 0.206. The van der Waals surface area contributed by atoms with Crippen molar-refractivity contribution in [3.8, 4) is 5.69 Å². The van der Waals surface area contributed by atoms with Gasteiger partial charge in [0.15, 0.2) is 6.61 Å². The van der Waals surface area contributed by atoms with Gasteiger partial charge in [0.1, 0.15) is 0 Å². The normalized spacial score (nSPS) is 10.5. The minimum atomic E-state index is -0.523. The van der Waals surface area contributed by atoms with E-state index in [1.165, 1.54) is 0 Å². The van der Waals surface area contributed by atoms with Crippen molar-refractivity contribution in [2.45, 2.75) is 13.8 Å². The number of benzene rings is 2. The molecule has 0 aliphatic carbocycles. The number of hydrogen-bond donors (Lipinski definition) is 0. The number of rotatable bonds is 5. The molecule has 1 heterocycles. The van der Waals surface area contributed by atoms with Crippen LogP contribution in [-0.2, 0) is 4.74 Å². The van der Waals surface area contributed by atoms with Crippen LogP contribution in [0.3, 0.4) is 0 Å². The zero-order valence-electron chi connectivity index (χ0n) is 14.1. The molecule has 0 aliphatic heterocycles. The highest BCUT2D eigenvalue weighted by atomic mass is 16.5. The number of aryl methyl sites for hydroxylation is 2. The van der Waals surface area contributed by atoms with Gasteiger partial charge in [0.2, 0.25) is 5.78 Å². The van der Waals surface area contributed by atoms with Gasteiger partial charge >= 0.3 is 5.97 Å². The SMILES string of the molecule is Cc1ccc(C)c(C(=O)COC(=O)c2ccc(-n3cccn3)cc2)c1. The molecule has 0 saturated carbocycles. The lowest BCUT2D eigenvalue weighted by Crippen LogP contribution is -2.15. The molecule has 126 valence electrons. The largest absolute Gasteiger partial charge is 0.454 e. The quantitative estimate of drug-likeness (QED) is 0.529. The van der Waals surface area contributed by atoms with E-state index in [-0.39, 0.29) is 12.4 Å². The average molecular weight is 334 g/mol. The van der Waals surface area contributed by atoms with Gasteiger partial charge in [-0.1, -0.05) is 17.7 Å². The van der Waals surface area contributed by atoms with Crippen LogP contribution in [-0.4, -0.2) is 28.1 Å². The van der Waals surface area contributed by atoms with Gasteiger partial charge in [-0.3, -0.25) is 4.79 Å². The Morgan fingerprint density at radius 3 is 2.52 bits per heavy atom. The van der Waals surface area contributed by atoms with Crippen LogP contribution in [0.25, 0.3) is 5.69 Å². The highest BCUT2D eigenvalue weighted by Crippen LogP contribution is 2.13. The Kier molecular flexibility index (Phi) is 4.75. The Labute approximate surface area is 145 Å². The summed E-state index contributed by atoms with van der Waals surface area (Å²) in [6, 6.07) is 14.3. The van der Waals surface area contributed by atoms with Crippen molar-refractivity contribution < 1.29 is 14.3 Å². The summed E-state index contributed by atoms with van der Waals surface area (Å²) < 4.78 is 6.85. The van der Waals surface area contributed by atoms with Gasteiger partial charge in [0.25, 0.3) is 0 Å². The molecule has 3 aromatic rings. The van der Waals surface area contributed by atoms with Gasteiger partial charge in [-0.2, -0.15) is 5.10 Å². The summed E-state index contributed by atoms with van der Waals surface area (Å²) >= 11 is 0. The van der Waals surface area contributed by atoms with Crippen molar-refractivity contribution in [2.75, 3.05) is 6.61 Å². The molecule has 0 atom stereocenters. The van der Waals surface area contributed by atoms with Gasteiger partial charge in [0, 0.05) is 18.0 Å². The van der Waals surface area contributed by atoms with Crippen LogP contribution < -0.4 is 0 Å². The molecule has 0 amide bonds. The third-order valence-corrected chi connectivity index (χ3v) is 3.90. The molecule has 25 heavy (non-hydrogen) atoms. The molecular formula is C20H18N2O3. The zero-order chi connectivity index (χ0) is 17.8. The molecule has 0 bridgehead atoms. The molecule has 2 aromatic carbocycles. The molecule has 0 spiro atoms. The van der Waals surface area contributed by atoms with Crippen molar-refractivity contribution in [3.05, 3.63) is 83.2 Å². The summed E-state index contributed by atoms with van der Waals surface area (Å²) in [5, 5.41) is 4.13. The van der Waals surface area contributed by atoms with E-state index in [2.05, 4.69) is 5.10 Å². The molecule has 5 heteroatoms. The van der Waals surface area contributed by atoms with Crippen molar-refractivity contribution in [3.63, 3.8) is 0 Å². The fourth-order valence-electron chi connectivity index (χ4n) is 2.50. The van der Waals surface area contributed by atoms with Crippen molar-refractivity contribution in [1.29, 1.82) is 0 Å². The number of carbonyl (C=O) groups excluding carboxylic acids is 2. The Hall–Kier alpha value is -3.21.